The number of amides is 1. The minimum Gasteiger partial charge on any atom is -0.507 e. The molecule has 98 valence electrons. The highest BCUT2D eigenvalue weighted by atomic mass is 35.5. The highest BCUT2D eigenvalue weighted by Gasteiger charge is 2.65. The van der Waals surface area contributed by atoms with Gasteiger partial charge in [0, 0.05) is 11.1 Å². The third-order valence-electron chi connectivity index (χ3n) is 4.50. The molecule has 2 N–H and O–H groups in total. The van der Waals surface area contributed by atoms with Crippen molar-refractivity contribution < 1.29 is 9.90 Å². The van der Waals surface area contributed by atoms with Crippen LogP contribution in [0.5, 0.6) is 5.75 Å². The Morgan fingerprint density at radius 3 is 2.33 bits per heavy atom. The Kier molecular flexibility index (Phi) is 2.85. The van der Waals surface area contributed by atoms with Crippen LogP contribution in [0.4, 0.5) is 0 Å². The summed E-state index contributed by atoms with van der Waals surface area (Å²) in [6, 6.07) is 4.57. The Balaban J connectivity index is 2.17. The third-order valence-corrected chi connectivity index (χ3v) is 4.73. The number of hydrogen-bond donors (Lipinski definition) is 2. The van der Waals surface area contributed by atoms with Gasteiger partial charge in [0.1, 0.15) is 5.75 Å². The molecule has 0 spiro atoms. The second-order valence-electron chi connectivity index (χ2n) is 6.01. The first-order valence-corrected chi connectivity index (χ1v) is 6.35. The van der Waals surface area contributed by atoms with Crippen LogP contribution < -0.4 is 5.32 Å². The van der Waals surface area contributed by atoms with Gasteiger partial charge in [-0.2, -0.15) is 0 Å². The maximum Gasteiger partial charge on any atom is 0.255 e. The van der Waals surface area contributed by atoms with E-state index in [9.17, 15) is 9.90 Å². The molecule has 0 aromatic heterocycles. The maximum atomic E-state index is 12.1. The van der Waals surface area contributed by atoms with Crippen molar-refractivity contribution in [3.05, 3.63) is 28.8 Å². The average Bonchev–Trinajstić information content (AvgIpc) is 2.64. The predicted molar refractivity (Wildman–Crippen MR) is 71.9 cm³/mol. The van der Waals surface area contributed by atoms with Crippen molar-refractivity contribution >= 4 is 17.5 Å². The standard InChI is InChI=1S/C14H18ClNO2/c1-13(2)12(14(13,3)4)16-11(18)9-7-8(15)5-6-10(9)17/h5-7,12,17H,1-4H3,(H,16,18). The number of hydrogen-bond acceptors (Lipinski definition) is 2. The molecule has 0 bridgehead atoms. The molecule has 1 aromatic rings. The fraction of sp³-hybridized carbons (Fsp3) is 0.500. The maximum absolute atomic E-state index is 12.1. The van der Waals surface area contributed by atoms with Crippen LogP contribution in [0, 0.1) is 10.8 Å². The summed E-state index contributed by atoms with van der Waals surface area (Å²) < 4.78 is 0. The first-order valence-electron chi connectivity index (χ1n) is 5.97. The van der Waals surface area contributed by atoms with Crippen LogP contribution in [-0.4, -0.2) is 17.1 Å². The smallest absolute Gasteiger partial charge is 0.255 e. The molecule has 0 aliphatic heterocycles. The number of nitrogens with one attached hydrogen (secondary N) is 1. The number of halogens is 1. The number of aromatic hydroxyl groups is 1. The van der Waals surface area contributed by atoms with Gasteiger partial charge in [-0.1, -0.05) is 39.3 Å². The molecule has 3 nitrogen and oxygen atoms in total. The highest BCUT2D eigenvalue weighted by molar-refractivity contribution is 6.31. The molecule has 1 aliphatic carbocycles. The molecule has 0 atom stereocenters. The van der Waals surface area contributed by atoms with Gasteiger partial charge in [-0.05, 0) is 29.0 Å². The Morgan fingerprint density at radius 1 is 1.28 bits per heavy atom. The topological polar surface area (TPSA) is 49.3 Å². The molecular formula is C14H18ClNO2. The van der Waals surface area contributed by atoms with E-state index in [-0.39, 0.29) is 34.1 Å². The minimum atomic E-state index is -0.279. The first-order chi connectivity index (χ1) is 8.18. The summed E-state index contributed by atoms with van der Waals surface area (Å²) >= 11 is 5.83. The number of rotatable bonds is 2. The molecule has 1 fully saturated rings. The van der Waals surface area contributed by atoms with Gasteiger partial charge in [0.15, 0.2) is 0 Å². The van der Waals surface area contributed by atoms with Crippen molar-refractivity contribution in [2.45, 2.75) is 33.7 Å². The Labute approximate surface area is 112 Å². The van der Waals surface area contributed by atoms with E-state index in [2.05, 4.69) is 33.0 Å². The third kappa shape index (κ3) is 1.87. The molecule has 1 aromatic carbocycles. The van der Waals surface area contributed by atoms with Gasteiger partial charge in [0.2, 0.25) is 0 Å². The van der Waals surface area contributed by atoms with Crippen molar-refractivity contribution in [3.63, 3.8) is 0 Å². The van der Waals surface area contributed by atoms with Gasteiger partial charge >= 0.3 is 0 Å². The summed E-state index contributed by atoms with van der Waals surface area (Å²) in [7, 11) is 0. The number of carbonyl (C=O) groups is 1. The summed E-state index contributed by atoms with van der Waals surface area (Å²) in [5, 5.41) is 13.1. The van der Waals surface area contributed by atoms with Gasteiger partial charge in [0.05, 0.1) is 5.56 Å². The lowest BCUT2D eigenvalue weighted by atomic mass is 10.0. The summed E-state index contributed by atoms with van der Waals surface area (Å²) in [6.07, 6.45) is 0. The van der Waals surface area contributed by atoms with Gasteiger partial charge < -0.3 is 10.4 Å². The van der Waals surface area contributed by atoms with E-state index in [1.165, 1.54) is 12.1 Å². The van der Waals surface area contributed by atoms with Crippen LogP contribution >= 0.6 is 11.6 Å². The van der Waals surface area contributed by atoms with Crippen molar-refractivity contribution in [2.24, 2.45) is 10.8 Å². The molecule has 18 heavy (non-hydrogen) atoms. The Morgan fingerprint density at radius 2 is 1.83 bits per heavy atom. The zero-order valence-corrected chi connectivity index (χ0v) is 11.8. The van der Waals surface area contributed by atoms with Crippen LogP contribution in [0.25, 0.3) is 0 Å². The molecular weight excluding hydrogens is 250 g/mol. The van der Waals surface area contributed by atoms with Crippen molar-refractivity contribution in [2.75, 3.05) is 0 Å². The van der Waals surface area contributed by atoms with Gasteiger partial charge in [-0.25, -0.2) is 0 Å². The lowest BCUT2D eigenvalue weighted by Crippen LogP contribution is -2.29. The number of benzene rings is 1. The SMILES string of the molecule is CC1(C)C(NC(=O)c2cc(Cl)ccc2O)C1(C)C. The molecule has 4 heteroatoms. The Hall–Kier alpha value is -1.22. The summed E-state index contributed by atoms with van der Waals surface area (Å²) in [6.45, 7) is 8.48. The average molecular weight is 268 g/mol. The normalized spacial score (nSPS) is 20.5. The van der Waals surface area contributed by atoms with E-state index < -0.39 is 0 Å². The van der Waals surface area contributed by atoms with E-state index in [1.807, 2.05) is 0 Å². The molecule has 0 heterocycles. The minimum absolute atomic E-state index is 0.0480. The predicted octanol–water partition coefficient (Wildman–Crippen LogP) is 3.21. The van der Waals surface area contributed by atoms with E-state index in [0.29, 0.717) is 5.02 Å². The number of phenolic OH excluding ortho intramolecular Hbond substituents is 1. The lowest BCUT2D eigenvalue weighted by molar-refractivity contribution is 0.0941. The Bertz CT molecular complexity index is 495. The second-order valence-corrected chi connectivity index (χ2v) is 6.45. The van der Waals surface area contributed by atoms with E-state index in [1.54, 1.807) is 6.07 Å². The summed E-state index contributed by atoms with van der Waals surface area (Å²) in [5.74, 6) is -0.327. The zero-order valence-electron chi connectivity index (χ0n) is 11.0. The zero-order chi connectivity index (χ0) is 13.7. The van der Waals surface area contributed by atoms with E-state index in [4.69, 9.17) is 11.6 Å². The molecule has 0 saturated heterocycles. The lowest BCUT2D eigenvalue weighted by Gasteiger charge is -2.08. The molecule has 2 rings (SSSR count). The van der Waals surface area contributed by atoms with Crippen LogP contribution in [0.2, 0.25) is 5.02 Å². The van der Waals surface area contributed by atoms with Gasteiger partial charge in [0.25, 0.3) is 5.91 Å². The summed E-state index contributed by atoms with van der Waals surface area (Å²) in [5.41, 5.74) is 0.356. The van der Waals surface area contributed by atoms with Crippen molar-refractivity contribution in [3.8, 4) is 5.75 Å². The van der Waals surface area contributed by atoms with E-state index >= 15 is 0 Å². The van der Waals surface area contributed by atoms with Gasteiger partial charge in [-0.3, -0.25) is 4.79 Å². The van der Waals surface area contributed by atoms with Crippen molar-refractivity contribution in [1.29, 1.82) is 0 Å². The van der Waals surface area contributed by atoms with E-state index in [0.717, 1.165) is 0 Å². The van der Waals surface area contributed by atoms with Crippen LogP contribution in [0.15, 0.2) is 18.2 Å². The monoisotopic (exact) mass is 267 g/mol. The molecule has 1 saturated carbocycles. The molecule has 1 aliphatic rings. The number of carbonyl (C=O) groups excluding carboxylic acids is 1. The van der Waals surface area contributed by atoms with Crippen LogP contribution in [0.1, 0.15) is 38.1 Å². The fourth-order valence-electron chi connectivity index (χ4n) is 2.46. The largest absolute Gasteiger partial charge is 0.507 e. The first kappa shape index (κ1) is 13.2. The van der Waals surface area contributed by atoms with Crippen LogP contribution in [0.3, 0.4) is 0 Å². The molecule has 0 unspecified atom stereocenters. The van der Waals surface area contributed by atoms with Gasteiger partial charge in [-0.15, -0.1) is 0 Å². The van der Waals surface area contributed by atoms with Crippen LogP contribution in [-0.2, 0) is 0 Å². The molecule has 1 amide bonds. The quantitative estimate of drug-likeness (QED) is 0.864. The molecule has 0 radical (unpaired) electrons. The number of phenols is 1. The highest BCUT2D eigenvalue weighted by Crippen LogP contribution is 2.62. The second kappa shape index (κ2) is 3.89. The fourth-order valence-corrected chi connectivity index (χ4v) is 2.63. The van der Waals surface area contributed by atoms with Crippen molar-refractivity contribution in [1.82, 2.24) is 5.32 Å². The summed E-state index contributed by atoms with van der Waals surface area (Å²) in [4.78, 5) is 12.1.